The highest BCUT2D eigenvalue weighted by molar-refractivity contribution is 6.32. The lowest BCUT2D eigenvalue weighted by Crippen LogP contribution is -1.89. The number of nitrogens with zero attached hydrogens (tertiary/aromatic N) is 2. The fourth-order valence-electron chi connectivity index (χ4n) is 1.36. The molecule has 0 N–H and O–H groups in total. The van der Waals surface area contributed by atoms with E-state index in [1.807, 2.05) is 6.07 Å². The van der Waals surface area contributed by atoms with Crippen LogP contribution in [0.2, 0.25) is 5.02 Å². The van der Waals surface area contributed by atoms with E-state index in [0.717, 1.165) is 0 Å². The van der Waals surface area contributed by atoms with E-state index in [9.17, 15) is 10.1 Å². The molecular formula is C11H5ClN2O3. The van der Waals surface area contributed by atoms with Crippen molar-refractivity contribution >= 4 is 17.3 Å². The van der Waals surface area contributed by atoms with Crippen LogP contribution in [0.5, 0.6) is 0 Å². The molecule has 1 aromatic heterocycles. The van der Waals surface area contributed by atoms with Crippen molar-refractivity contribution in [3.63, 3.8) is 0 Å². The smallest absolute Gasteiger partial charge is 0.288 e. The first kappa shape index (κ1) is 11.2. The monoisotopic (exact) mass is 248 g/mol. The van der Waals surface area contributed by atoms with Crippen LogP contribution in [0.15, 0.2) is 34.7 Å². The SMILES string of the molecule is N#Cc1ccc(-c2ccc(Cl)c([N+](=O)[O-])c2)o1. The first-order valence-electron chi connectivity index (χ1n) is 4.56. The number of nitro benzene ring substituents is 1. The van der Waals surface area contributed by atoms with Crippen LogP contribution in [0.1, 0.15) is 5.76 Å². The second-order valence-corrected chi connectivity index (χ2v) is 3.61. The average Bonchev–Trinajstić information content (AvgIpc) is 2.78. The number of rotatable bonds is 2. The van der Waals surface area contributed by atoms with Crippen molar-refractivity contribution < 1.29 is 9.34 Å². The van der Waals surface area contributed by atoms with Crippen molar-refractivity contribution in [2.75, 3.05) is 0 Å². The van der Waals surface area contributed by atoms with Crippen LogP contribution in [0, 0.1) is 21.4 Å². The van der Waals surface area contributed by atoms with E-state index in [4.69, 9.17) is 21.3 Å². The minimum absolute atomic E-state index is 0.0609. The third-order valence-electron chi connectivity index (χ3n) is 2.14. The molecule has 0 aliphatic heterocycles. The Bertz CT molecular complexity index is 628. The lowest BCUT2D eigenvalue weighted by Gasteiger charge is -1.98. The minimum atomic E-state index is -0.569. The summed E-state index contributed by atoms with van der Waals surface area (Å²) in [5.41, 5.74) is 0.307. The first-order valence-corrected chi connectivity index (χ1v) is 4.94. The highest BCUT2D eigenvalue weighted by Crippen LogP contribution is 2.30. The molecule has 2 aromatic rings. The van der Waals surface area contributed by atoms with Crippen molar-refractivity contribution in [1.82, 2.24) is 0 Å². The highest BCUT2D eigenvalue weighted by atomic mass is 35.5. The molecule has 0 saturated heterocycles. The highest BCUT2D eigenvalue weighted by Gasteiger charge is 2.15. The Hall–Kier alpha value is -2.32. The van der Waals surface area contributed by atoms with Crippen molar-refractivity contribution in [2.24, 2.45) is 0 Å². The molecule has 84 valence electrons. The van der Waals surface area contributed by atoms with Crippen LogP contribution in [-0.2, 0) is 0 Å². The molecule has 0 aliphatic rings. The molecule has 0 amide bonds. The maximum Gasteiger partial charge on any atom is 0.288 e. The first-order chi connectivity index (χ1) is 8.11. The van der Waals surface area contributed by atoms with E-state index < -0.39 is 4.92 Å². The molecule has 6 heteroatoms. The van der Waals surface area contributed by atoms with Crippen molar-refractivity contribution in [2.45, 2.75) is 0 Å². The van der Waals surface area contributed by atoms with Gasteiger partial charge in [0.1, 0.15) is 16.9 Å². The predicted octanol–water partition coefficient (Wildman–Crippen LogP) is 3.38. The lowest BCUT2D eigenvalue weighted by molar-refractivity contribution is -0.384. The molecule has 0 spiro atoms. The molecule has 0 radical (unpaired) electrons. The van der Waals surface area contributed by atoms with Crippen molar-refractivity contribution in [1.29, 1.82) is 5.26 Å². The summed E-state index contributed by atoms with van der Waals surface area (Å²) >= 11 is 5.69. The standard InChI is InChI=1S/C11H5ClN2O3/c12-9-3-1-7(5-10(9)14(15)16)11-4-2-8(6-13)17-11/h1-5H. The number of hydrogen-bond donors (Lipinski definition) is 0. The van der Waals surface area contributed by atoms with Gasteiger partial charge in [0.05, 0.1) is 4.92 Å². The molecule has 0 aliphatic carbocycles. The summed E-state index contributed by atoms with van der Waals surface area (Å²) in [7, 11) is 0. The van der Waals surface area contributed by atoms with Gasteiger partial charge in [-0.1, -0.05) is 11.6 Å². The van der Waals surface area contributed by atoms with Gasteiger partial charge in [0.15, 0.2) is 0 Å². The topological polar surface area (TPSA) is 80.1 Å². The molecule has 0 saturated carbocycles. The van der Waals surface area contributed by atoms with Gasteiger partial charge in [0.2, 0.25) is 5.76 Å². The maximum absolute atomic E-state index is 10.7. The number of hydrogen-bond acceptors (Lipinski definition) is 4. The second kappa shape index (κ2) is 4.28. The minimum Gasteiger partial charge on any atom is -0.446 e. The summed E-state index contributed by atoms with van der Waals surface area (Å²) < 4.78 is 5.17. The van der Waals surface area contributed by atoms with Crippen LogP contribution in [-0.4, -0.2) is 4.92 Å². The third kappa shape index (κ3) is 2.12. The Morgan fingerprint density at radius 1 is 1.35 bits per heavy atom. The zero-order valence-electron chi connectivity index (χ0n) is 8.38. The van der Waals surface area contributed by atoms with Gasteiger partial charge < -0.3 is 4.42 Å². The largest absolute Gasteiger partial charge is 0.446 e. The second-order valence-electron chi connectivity index (χ2n) is 3.20. The summed E-state index contributed by atoms with van der Waals surface area (Å²) in [5, 5.41) is 19.4. The Labute approximate surface area is 101 Å². The van der Waals surface area contributed by atoms with Crippen LogP contribution in [0.4, 0.5) is 5.69 Å². The lowest BCUT2D eigenvalue weighted by atomic mass is 10.1. The van der Waals surface area contributed by atoms with E-state index in [2.05, 4.69) is 0 Å². The molecule has 1 heterocycles. The molecular weight excluding hydrogens is 244 g/mol. The summed E-state index contributed by atoms with van der Waals surface area (Å²) in [6.07, 6.45) is 0. The maximum atomic E-state index is 10.7. The van der Waals surface area contributed by atoms with E-state index in [-0.39, 0.29) is 16.5 Å². The normalized spacial score (nSPS) is 9.88. The fraction of sp³-hybridized carbons (Fsp3) is 0. The molecule has 0 bridgehead atoms. The zero-order chi connectivity index (χ0) is 12.4. The molecule has 0 fully saturated rings. The quantitative estimate of drug-likeness (QED) is 0.603. The molecule has 0 unspecified atom stereocenters. The zero-order valence-corrected chi connectivity index (χ0v) is 9.14. The van der Waals surface area contributed by atoms with E-state index in [1.54, 1.807) is 12.1 Å². The molecule has 2 rings (SSSR count). The van der Waals surface area contributed by atoms with Gasteiger partial charge >= 0.3 is 0 Å². The number of benzene rings is 1. The predicted molar refractivity (Wildman–Crippen MR) is 60.5 cm³/mol. The Morgan fingerprint density at radius 3 is 2.71 bits per heavy atom. The molecule has 1 aromatic carbocycles. The van der Waals surface area contributed by atoms with E-state index >= 15 is 0 Å². The Balaban J connectivity index is 2.50. The Kier molecular flexibility index (Phi) is 2.81. The number of halogens is 1. The number of nitro groups is 1. The van der Waals surface area contributed by atoms with Gasteiger partial charge in [-0.3, -0.25) is 10.1 Å². The molecule has 5 nitrogen and oxygen atoms in total. The van der Waals surface area contributed by atoms with Crippen molar-refractivity contribution in [3.05, 3.63) is 51.2 Å². The summed E-state index contributed by atoms with van der Waals surface area (Å²) in [5.74, 6) is 0.541. The van der Waals surface area contributed by atoms with Crippen molar-refractivity contribution in [3.8, 4) is 17.4 Å². The summed E-state index contributed by atoms with van der Waals surface area (Å²) in [4.78, 5) is 10.1. The molecule has 0 atom stereocenters. The van der Waals surface area contributed by atoms with Crippen LogP contribution < -0.4 is 0 Å². The fourth-order valence-corrected chi connectivity index (χ4v) is 1.55. The third-order valence-corrected chi connectivity index (χ3v) is 2.46. The van der Waals surface area contributed by atoms with Gasteiger partial charge in [-0.25, -0.2) is 0 Å². The Morgan fingerprint density at radius 2 is 2.12 bits per heavy atom. The van der Waals surface area contributed by atoms with E-state index in [0.29, 0.717) is 11.3 Å². The summed E-state index contributed by atoms with van der Waals surface area (Å²) in [6, 6.07) is 9.23. The van der Waals surface area contributed by atoms with Gasteiger partial charge in [-0.05, 0) is 24.3 Å². The van der Waals surface area contributed by atoms with Gasteiger partial charge in [0, 0.05) is 11.6 Å². The molecule has 17 heavy (non-hydrogen) atoms. The van der Waals surface area contributed by atoms with Crippen LogP contribution >= 0.6 is 11.6 Å². The van der Waals surface area contributed by atoms with Gasteiger partial charge in [-0.15, -0.1) is 0 Å². The number of furan rings is 1. The van der Waals surface area contributed by atoms with Crippen LogP contribution in [0.3, 0.4) is 0 Å². The number of nitriles is 1. The average molecular weight is 249 g/mol. The van der Waals surface area contributed by atoms with E-state index in [1.165, 1.54) is 18.2 Å². The van der Waals surface area contributed by atoms with Crippen LogP contribution in [0.25, 0.3) is 11.3 Å². The summed E-state index contributed by atoms with van der Waals surface area (Å²) in [6.45, 7) is 0. The van der Waals surface area contributed by atoms with Gasteiger partial charge in [-0.2, -0.15) is 5.26 Å². The van der Waals surface area contributed by atoms with Gasteiger partial charge in [0.25, 0.3) is 5.69 Å².